The Bertz CT molecular complexity index is 736. The molecule has 0 bridgehead atoms. The number of hydrogen-bond acceptors (Lipinski definition) is 4. The quantitative estimate of drug-likeness (QED) is 0.501. The van der Waals surface area contributed by atoms with Gasteiger partial charge in [0, 0.05) is 16.6 Å². The molecule has 0 radical (unpaired) electrons. The Morgan fingerprint density at radius 3 is 2.62 bits per heavy atom. The minimum atomic E-state index is -0.650. The first-order chi connectivity index (χ1) is 9.88. The number of halogens is 2. The van der Waals surface area contributed by atoms with Gasteiger partial charge in [-0.15, -0.1) is 0 Å². The van der Waals surface area contributed by atoms with Crippen LogP contribution < -0.4 is 5.32 Å². The number of nitro groups is 1. The summed E-state index contributed by atoms with van der Waals surface area (Å²) in [4.78, 5) is 22.1. The van der Waals surface area contributed by atoms with E-state index in [4.69, 9.17) is 0 Å². The number of non-ortho nitro benzene ring substituents is 1. The van der Waals surface area contributed by atoms with Crippen molar-refractivity contribution < 1.29 is 19.2 Å². The van der Waals surface area contributed by atoms with Crippen LogP contribution in [0.4, 0.5) is 15.8 Å². The maximum Gasteiger partial charge on any atom is 0.271 e. The van der Waals surface area contributed by atoms with Crippen molar-refractivity contribution in [2.75, 3.05) is 5.32 Å². The smallest absolute Gasteiger partial charge is 0.271 e. The molecule has 8 heteroatoms. The number of anilines is 1. The van der Waals surface area contributed by atoms with Crippen molar-refractivity contribution in [2.24, 2.45) is 0 Å². The zero-order valence-electron chi connectivity index (χ0n) is 10.3. The van der Waals surface area contributed by atoms with Crippen molar-refractivity contribution in [3.05, 3.63) is 62.4 Å². The summed E-state index contributed by atoms with van der Waals surface area (Å²) in [6.07, 6.45) is 0. The number of amides is 1. The van der Waals surface area contributed by atoms with E-state index in [0.717, 1.165) is 30.3 Å². The van der Waals surface area contributed by atoms with Crippen LogP contribution in [-0.2, 0) is 0 Å². The fourth-order valence-electron chi connectivity index (χ4n) is 1.60. The first kappa shape index (κ1) is 14.9. The highest BCUT2D eigenvalue weighted by Gasteiger charge is 2.15. The molecule has 0 aromatic heterocycles. The Morgan fingerprint density at radius 1 is 1.29 bits per heavy atom. The molecule has 0 heterocycles. The number of benzene rings is 2. The van der Waals surface area contributed by atoms with Crippen LogP contribution in [0.2, 0.25) is 0 Å². The number of phenols is 1. The molecule has 0 aliphatic heterocycles. The van der Waals surface area contributed by atoms with Crippen molar-refractivity contribution >= 4 is 33.2 Å². The third-order valence-electron chi connectivity index (χ3n) is 2.61. The predicted molar refractivity (Wildman–Crippen MR) is 76.8 cm³/mol. The van der Waals surface area contributed by atoms with Gasteiger partial charge in [0.2, 0.25) is 0 Å². The SMILES string of the molecule is O=C(Nc1cc([N+](=O)[O-])ccc1O)c1ccc(F)cc1Br. The number of rotatable bonds is 3. The number of nitro benzene ring substituents is 1. The van der Waals surface area contributed by atoms with Crippen LogP contribution in [0.25, 0.3) is 0 Å². The van der Waals surface area contributed by atoms with E-state index in [1.807, 2.05) is 0 Å². The average Bonchev–Trinajstić information content (AvgIpc) is 2.40. The van der Waals surface area contributed by atoms with Crippen LogP contribution in [-0.4, -0.2) is 15.9 Å². The van der Waals surface area contributed by atoms with Gasteiger partial charge in [0.05, 0.1) is 16.2 Å². The monoisotopic (exact) mass is 354 g/mol. The molecular formula is C13H8BrFN2O4. The highest BCUT2D eigenvalue weighted by molar-refractivity contribution is 9.10. The van der Waals surface area contributed by atoms with E-state index in [1.54, 1.807) is 0 Å². The molecule has 0 spiro atoms. The Hall–Kier alpha value is -2.48. The van der Waals surface area contributed by atoms with E-state index in [0.29, 0.717) is 0 Å². The molecule has 6 nitrogen and oxygen atoms in total. The van der Waals surface area contributed by atoms with Crippen LogP contribution in [0.5, 0.6) is 5.75 Å². The molecule has 0 saturated carbocycles. The molecule has 0 aliphatic carbocycles. The number of aromatic hydroxyl groups is 1. The molecule has 2 aromatic rings. The fourth-order valence-corrected chi connectivity index (χ4v) is 2.13. The van der Waals surface area contributed by atoms with Gasteiger partial charge in [0.15, 0.2) is 0 Å². The van der Waals surface area contributed by atoms with E-state index in [-0.39, 0.29) is 27.2 Å². The third kappa shape index (κ3) is 3.34. The Kier molecular flexibility index (Phi) is 4.18. The second kappa shape index (κ2) is 5.88. The average molecular weight is 355 g/mol. The maximum atomic E-state index is 13.0. The van der Waals surface area contributed by atoms with E-state index in [1.165, 1.54) is 6.07 Å². The zero-order valence-corrected chi connectivity index (χ0v) is 11.9. The molecule has 21 heavy (non-hydrogen) atoms. The Morgan fingerprint density at radius 2 is 2.00 bits per heavy atom. The first-order valence-corrected chi connectivity index (χ1v) is 6.41. The molecular weight excluding hydrogens is 347 g/mol. The molecule has 2 aromatic carbocycles. The molecule has 0 atom stereocenters. The van der Waals surface area contributed by atoms with E-state index < -0.39 is 16.6 Å². The van der Waals surface area contributed by atoms with Crippen molar-refractivity contribution in [3.63, 3.8) is 0 Å². The summed E-state index contributed by atoms with van der Waals surface area (Å²) in [6.45, 7) is 0. The number of phenolic OH excluding ortho intramolecular Hbond substituents is 1. The second-order valence-corrected chi connectivity index (χ2v) is 4.89. The lowest BCUT2D eigenvalue weighted by Crippen LogP contribution is -2.13. The van der Waals surface area contributed by atoms with Crippen LogP contribution in [0.1, 0.15) is 10.4 Å². The fraction of sp³-hybridized carbons (Fsp3) is 0. The van der Waals surface area contributed by atoms with Crippen molar-refractivity contribution in [2.45, 2.75) is 0 Å². The summed E-state index contributed by atoms with van der Waals surface area (Å²) in [5.41, 5.74) is -0.256. The van der Waals surface area contributed by atoms with Gasteiger partial charge in [-0.2, -0.15) is 0 Å². The van der Waals surface area contributed by atoms with E-state index in [2.05, 4.69) is 21.2 Å². The van der Waals surface area contributed by atoms with Crippen LogP contribution >= 0.6 is 15.9 Å². The van der Waals surface area contributed by atoms with Gasteiger partial charge >= 0.3 is 0 Å². The lowest BCUT2D eigenvalue weighted by molar-refractivity contribution is -0.384. The molecule has 2 rings (SSSR count). The lowest BCUT2D eigenvalue weighted by Gasteiger charge is -2.08. The van der Waals surface area contributed by atoms with Crippen molar-refractivity contribution in [3.8, 4) is 5.75 Å². The molecule has 0 fully saturated rings. The number of hydrogen-bond donors (Lipinski definition) is 2. The maximum absolute atomic E-state index is 13.0. The largest absolute Gasteiger partial charge is 0.506 e. The number of nitrogens with one attached hydrogen (secondary N) is 1. The van der Waals surface area contributed by atoms with Gasteiger partial charge < -0.3 is 10.4 Å². The Balaban J connectivity index is 2.31. The summed E-state index contributed by atoms with van der Waals surface area (Å²) in [7, 11) is 0. The van der Waals surface area contributed by atoms with E-state index in [9.17, 15) is 24.4 Å². The van der Waals surface area contributed by atoms with Crippen LogP contribution in [0, 0.1) is 15.9 Å². The zero-order chi connectivity index (χ0) is 15.6. The topological polar surface area (TPSA) is 92.5 Å². The number of nitrogens with zero attached hydrogens (tertiary/aromatic N) is 1. The predicted octanol–water partition coefficient (Wildman–Crippen LogP) is 3.45. The van der Waals surface area contributed by atoms with Crippen LogP contribution in [0.3, 0.4) is 0 Å². The highest BCUT2D eigenvalue weighted by atomic mass is 79.9. The highest BCUT2D eigenvalue weighted by Crippen LogP contribution is 2.29. The Labute approximate surface area is 126 Å². The normalized spacial score (nSPS) is 10.2. The summed E-state index contributed by atoms with van der Waals surface area (Å²) in [5.74, 6) is -1.47. The van der Waals surface area contributed by atoms with E-state index >= 15 is 0 Å². The van der Waals surface area contributed by atoms with Gasteiger partial charge in [-0.25, -0.2) is 4.39 Å². The summed E-state index contributed by atoms with van der Waals surface area (Å²) >= 11 is 3.05. The number of carbonyl (C=O) groups is 1. The standard InChI is InChI=1S/C13H8BrFN2O4/c14-10-5-7(15)1-3-9(10)13(19)16-11-6-8(17(20)21)2-4-12(11)18/h1-6,18H,(H,16,19). The second-order valence-electron chi connectivity index (χ2n) is 4.04. The minimum absolute atomic E-state index is 0.106. The van der Waals surface area contributed by atoms with Crippen molar-refractivity contribution in [1.82, 2.24) is 0 Å². The van der Waals surface area contributed by atoms with Crippen LogP contribution in [0.15, 0.2) is 40.9 Å². The van der Waals surface area contributed by atoms with Gasteiger partial charge in [0.25, 0.3) is 11.6 Å². The first-order valence-electron chi connectivity index (χ1n) is 5.62. The molecule has 0 saturated heterocycles. The van der Waals surface area contributed by atoms with Gasteiger partial charge in [-0.1, -0.05) is 0 Å². The summed E-state index contributed by atoms with van der Waals surface area (Å²) in [5, 5.41) is 22.6. The van der Waals surface area contributed by atoms with Crippen molar-refractivity contribution in [1.29, 1.82) is 0 Å². The summed E-state index contributed by atoms with van der Waals surface area (Å²) < 4.78 is 13.2. The van der Waals surface area contributed by atoms with Gasteiger partial charge in [-0.3, -0.25) is 14.9 Å². The minimum Gasteiger partial charge on any atom is -0.506 e. The third-order valence-corrected chi connectivity index (χ3v) is 3.27. The molecule has 0 aliphatic rings. The van der Waals surface area contributed by atoms with Gasteiger partial charge in [0.1, 0.15) is 11.6 Å². The molecule has 108 valence electrons. The lowest BCUT2D eigenvalue weighted by atomic mass is 10.2. The molecule has 0 unspecified atom stereocenters. The summed E-state index contributed by atoms with van der Waals surface area (Å²) in [6, 6.07) is 6.72. The van der Waals surface area contributed by atoms with Gasteiger partial charge in [-0.05, 0) is 40.2 Å². The molecule has 2 N–H and O–H groups in total. The number of carbonyl (C=O) groups excluding carboxylic acids is 1. The molecule has 1 amide bonds.